The monoisotopic (exact) mass is 391 g/mol. The van der Waals surface area contributed by atoms with Crippen molar-refractivity contribution in [3.63, 3.8) is 0 Å². The lowest BCUT2D eigenvalue weighted by Gasteiger charge is -2.13. The molecule has 5 nitrogen and oxygen atoms in total. The van der Waals surface area contributed by atoms with Crippen LogP contribution in [0.3, 0.4) is 0 Å². The number of thioether (sulfide) groups is 2. The van der Waals surface area contributed by atoms with Crippen LogP contribution in [0.25, 0.3) is 6.08 Å². The number of rotatable bonds is 4. The molecule has 1 aromatic rings. The van der Waals surface area contributed by atoms with E-state index in [0.717, 1.165) is 17.9 Å². The number of carbonyl (C=O) groups is 2. The van der Waals surface area contributed by atoms with Crippen molar-refractivity contribution in [2.45, 2.75) is 13.3 Å². The summed E-state index contributed by atoms with van der Waals surface area (Å²) in [5.74, 6) is 0.606. The normalized spacial score (nSPS) is 18.8. The van der Waals surface area contributed by atoms with Crippen molar-refractivity contribution in [1.82, 2.24) is 10.2 Å². The topological polar surface area (TPSA) is 61.8 Å². The molecule has 0 radical (unpaired) electrons. The van der Waals surface area contributed by atoms with Gasteiger partial charge in [-0.05, 0) is 18.6 Å². The summed E-state index contributed by atoms with van der Waals surface area (Å²) < 4.78 is 0.490. The molecule has 0 spiro atoms. The molecule has 1 N–H and O–H groups in total. The molecule has 0 unspecified atom stereocenters. The van der Waals surface area contributed by atoms with E-state index >= 15 is 0 Å². The smallest absolute Gasteiger partial charge is 0.266 e. The molecule has 1 aromatic carbocycles. The zero-order valence-electron chi connectivity index (χ0n) is 13.7. The molecule has 2 aliphatic heterocycles. The highest BCUT2D eigenvalue weighted by Gasteiger charge is 2.32. The van der Waals surface area contributed by atoms with Gasteiger partial charge in [0.2, 0.25) is 5.91 Å². The van der Waals surface area contributed by atoms with Crippen LogP contribution in [-0.2, 0) is 9.59 Å². The van der Waals surface area contributed by atoms with Crippen molar-refractivity contribution in [2.24, 2.45) is 4.99 Å². The van der Waals surface area contributed by atoms with Crippen LogP contribution >= 0.6 is 35.7 Å². The van der Waals surface area contributed by atoms with Gasteiger partial charge in [-0.3, -0.25) is 19.5 Å². The van der Waals surface area contributed by atoms with Crippen LogP contribution in [0.15, 0.2) is 34.2 Å². The number of aliphatic imine (C=N–C) groups is 1. The third-order valence-electron chi connectivity index (χ3n) is 3.64. The fourth-order valence-corrected chi connectivity index (χ4v) is 4.37. The first kappa shape index (κ1) is 18.2. The molecule has 2 amide bonds. The molecule has 0 saturated carbocycles. The Morgan fingerprint density at radius 1 is 1.40 bits per heavy atom. The highest BCUT2D eigenvalue weighted by molar-refractivity contribution is 8.26. The van der Waals surface area contributed by atoms with Crippen molar-refractivity contribution in [3.05, 3.63) is 40.3 Å². The van der Waals surface area contributed by atoms with E-state index in [-0.39, 0.29) is 24.8 Å². The molecule has 0 atom stereocenters. The van der Waals surface area contributed by atoms with Crippen LogP contribution in [0.1, 0.15) is 17.5 Å². The summed E-state index contributed by atoms with van der Waals surface area (Å²) in [4.78, 5) is 30.8. The molecule has 1 saturated heterocycles. The van der Waals surface area contributed by atoms with Gasteiger partial charge in [0.25, 0.3) is 5.91 Å². The summed E-state index contributed by atoms with van der Waals surface area (Å²) in [5.41, 5.74) is 2.13. The molecule has 1 fully saturated rings. The third kappa shape index (κ3) is 4.71. The van der Waals surface area contributed by atoms with Gasteiger partial charge in [-0.2, -0.15) is 0 Å². The van der Waals surface area contributed by atoms with Crippen molar-refractivity contribution in [3.8, 4) is 0 Å². The van der Waals surface area contributed by atoms with Crippen LogP contribution in [0.2, 0.25) is 0 Å². The summed E-state index contributed by atoms with van der Waals surface area (Å²) in [6.45, 7) is 3.03. The Morgan fingerprint density at radius 3 is 2.84 bits per heavy atom. The van der Waals surface area contributed by atoms with E-state index < -0.39 is 0 Å². The molecule has 0 aliphatic carbocycles. The van der Waals surface area contributed by atoms with Crippen LogP contribution in [0.4, 0.5) is 0 Å². The number of carbonyl (C=O) groups excluding carboxylic acids is 2. The molecule has 3 rings (SSSR count). The SMILES string of the molecule is Cc1ccc(/C=C2/SC(=S)N(CCC(=O)NC3=NCCS3)C2=O)cc1. The molecule has 130 valence electrons. The molecule has 0 aromatic heterocycles. The largest absolute Gasteiger partial charge is 0.305 e. The van der Waals surface area contributed by atoms with Crippen molar-refractivity contribution >= 4 is 63.1 Å². The van der Waals surface area contributed by atoms with E-state index in [2.05, 4.69) is 10.3 Å². The van der Waals surface area contributed by atoms with Gasteiger partial charge in [-0.25, -0.2) is 0 Å². The fraction of sp³-hybridized carbons (Fsp3) is 0.294. The Hall–Kier alpha value is -1.64. The van der Waals surface area contributed by atoms with Crippen LogP contribution in [-0.4, -0.2) is 45.0 Å². The lowest BCUT2D eigenvalue weighted by Crippen LogP contribution is -2.34. The average molecular weight is 392 g/mol. The van der Waals surface area contributed by atoms with E-state index in [1.165, 1.54) is 34.0 Å². The summed E-state index contributed by atoms with van der Waals surface area (Å²) in [7, 11) is 0. The highest BCUT2D eigenvalue weighted by atomic mass is 32.2. The molecular weight excluding hydrogens is 374 g/mol. The van der Waals surface area contributed by atoms with Crippen LogP contribution < -0.4 is 5.32 Å². The minimum absolute atomic E-state index is 0.143. The Balaban J connectivity index is 1.59. The number of hydrogen-bond donors (Lipinski definition) is 1. The third-order valence-corrected chi connectivity index (χ3v) is 5.91. The predicted molar refractivity (Wildman–Crippen MR) is 109 cm³/mol. The molecular formula is C17H17N3O2S3. The number of thiocarbonyl (C=S) groups is 1. The van der Waals surface area contributed by atoms with E-state index in [1.807, 2.05) is 37.3 Å². The van der Waals surface area contributed by atoms with Gasteiger partial charge in [0.15, 0.2) is 5.17 Å². The van der Waals surface area contributed by atoms with Gasteiger partial charge in [-0.15, -0.1) is 0 Å². The number of amidine groups is 1. The second kappa shape index (κ2) is 8.16. The number of nitrogens with zero attached hydrogens (tertiary/aromatic N) is 2. The molecule has 8 heteroatoms. The lowest BCUT2D eigenvalue weighted by atomic mass is 10.1. The number of amides is 2. The maximum atomic E-state index is 12.5. The van der Waals surface area contributed by atoms with Gasteiger partial charge in [0.1, 0.15) is 4.32 Å². The zero-order valence-corrected chi connectivity index (χ0v) is 16.1. The van der Waals surface area contributed by atoms with E-state index in [0.29, 0.717) is 14.4 Å². The summed E-state index contributed by atoms with van der Waals surface area (Å²) in [5, 5.41) is 3.42. The average Bonchev–Trinajstić information content (AvgIpc) is 3.17. The minimum Gasteiger partial charge on any atom is -0.305 e. The molecule has 25 heavy (non-hydrogen) atoms. The van der Waals surface area contributed by atoms with Gasteiger partial charge in [0, 0.05) is 18.7 Å². The number of nitrogens with one attached hydrogen (secondary N) is 1. The Kier molecular flexibility index (Phi) is 5.93. The van der Waals surface area contributed by atoms with Gasteiger partial charge < -0.3 is 5.32 Å². The first-order valence-corrected chi connectivity index (χ1v) is 10.0. The van der Waals surface area contributed by atoms with Gasteiger partial charge >= 0.3 is 0 Å². The van der Waals surface area contributed by atoms with Crippen molar-refractivity contribution in [1.29, 1.82) is 0 Å². The maximum Gasteiger partial charge on any atom is 0.266 e. The molecule has 2 aliphatic rings. The van der Waals surface area contributed by atoms with Gasteiger partial charge in [-0.1, -0.05) is 65.6 Å². The molecule has 0 bridgehead atoms. The Bertz CT molecular complexity index is 772. The lowest BCUT2D eigenvalue weighted by molar-refractivity contribution is -0.123. The number of aryl methyl sites for hydroxylation is 1. The highest BCUT2D eigenvalue weighted by Crippen LogP contribution is 2.32. The van der Waals surface area contributed by atoms with E-state index in [1.54, 1.807) is 0 Å². The minimum atomic E-state index is -0.148. The standard InChI is InChI=1S/C17H17N3O2S3/c1-11-2-4-12(5-3-11)10-13-15(22)20(17(23)25-13)8-6-14(21)19-16-18-7-9-24-16/h2-5,10H,6-9H2,1H3,(H,18,19,21)/b13-10+. The predicted octanol–water partition coefficient (Wildman–Crippen LogP) is 2.81. The molecule has 2 heterocycles. The first-order valence-electron chi connectivity index (χ1n) is 7.82. The second-order valence-electron chi connectivity index (χ2n) is 5.58. The maximum absolute atomic E-state index is 12.5. The zero-order chi connectivity index (χ0) is 17.8. The van der Waals surface area contributed by atoms with Gasteiger partial charge in [0.05, 0.1) is 11.4 Å². The number of hydrogen-bond acceptors (Lipinski definition) is 6. The summed E-state index contributed by atoms with van der Waals surface area (Å²) in [6, 6.07) is 7.94. The Morgan fingerprint density at radius 2 is 2.16 bits per heavy atom. The quantitative estimate of drug-likeness (QED) is 0.632. The van der Waals surface area contributed by atoms with Crippen molar-refractivity contribution < 1.29 is 9.59 Å². The summed E-state index contributed by atoms with van der Waals surface area (Å²) in [6.07, 6.45) is 2.03. The van der Waals surface area contributed by atoms with Crippen LogP contribution in [0.5, 0.6) is 0 Å². The number of benzene rings is 1. The van der Waals surface area contributed by atoms with Crippen molar-refractivity contribution in [2.75, 3.05) is 18.8 Å². The fourth-order valence-electron chi connectivity index (χ4n) is 2.31. The van der Waals surface area contributed by atoms with E-state index in [9.17, 15) is 9.59 Å². The second-order valence-corrected chi connectivity index (χ2v) is 8.34. The Labute approximate surface area is 160 Å². The first-order chi connectivity index (χ1) is 12.0. The summed E-state index contributed by atoms with van der Waals surface area (Å²) >= 11 is 8.10. The van der Waals surface area contributed by atoms with Crippen LogP contribution in [0, 0.1) is 6.92 Å². The van der Waals surface area contributed by atoms with E-state index in [4.69, 9.17) is 12.2 Å².